The maximum atomic E-state index is 7.18. The lowest BCUT2D eigenvalue weighted by molar-refractivity contribution is 1.53. The number of nitrogens with zero attached hydrogens (tertiary/aromatic N) is 2. The van der Waals surface area contributed by atoms with Gasteiger partial charge in [-0.25, -0.2) is 0 Å². The zero-order valence-corrected chi connectivity index (χ0v) is 3.24. The Kier molecular flexibility index (Phi) is 294. The van der Waals surface area contributed by atoms with Gasteiger partial charge in [0.2, 0.25) is 0 Å². The molecule has 0 saturated carbocycles. The molecule has 0 aromatic rings. The molecule has 0 saturated heterocycles. The molecule has 0 atom stereocenters. The van der Waals surface area contributed by atoms with E-state index in [-0.39, 0.29) is 0 Å². The molecule has 26 valence electrons. The Balaban J connectivity index is 0. The Morgan fingerprint density at radius 2 is 1.60 bits per heavy atom. The van der Waals surface area contributed by atoms with Crippen LogP contribution in [-0.4, -0.2) is 0 Å². The molecular formula is C2HN2S-. The lowest BCUT2D eigenvalue weighted by Gasteiger charge is -1.14. The first-order chi connectivity index (χ1) is 2.41. The third kappa shape index (κ3) is 13.1. The van der Waals surface area contributed by atoms with Crippen molar-refractivity contribution in [1.29, 1.82) is 10.5 Å². The zero-order valence-electron chi connectivity index (χ0n) is 2.34. The Bertz CT molecular complexity index is 50.4. The quantitative estimate of drug-likeness (QED) is 0.264. The molecule has 0 bridgehead atoms. The Labute approximate surface area is 36.1 Å². The van der Waals surface area contributed by atoms with E-state index in [1.165, 1.54) is 5.40 Å². The Morgan fingerprint density at radius 1 is 1.60 bits per heavy atom. The summed E-state index contributed by atoms with van der Waals surface area (Å²) in [6, 6.07) is 0. The first-order valence-corrected chi connectivity index (χ1v) is 1.12. The molecule has 0 aliphatic rings. The van der Waals surface area contributed by atoms with Gasteiger partial charge >= 0.3 is 0 Å². The molecule has 0 aromatic carbocycles. The molecule has 0 heterocycles. The molecule has 0 aliphatic heterocycles. The lowest BCUT2D eigenvalue weighted by Crippen LogP contribution is -0.961. The van der Waals surface area contributed by atoms with E-state index >= 15 is 0 Å². The molecule has 0 aromatic heterocycles. The number of hydrogen-bond donors (Lipinski definition) is 1. The van der Waals surface area contributed by atoms with Crippen molar-refractivity contribution in [3.05, 3.63) is 6.57 Å². The van der Waals surface area contributed by atoms with E-state index < -0.39 is 0 Å². The van der Waals surface area contributed by atoms with Gasteiger partial charge in [-0.3, -0.25) is 0 Å². The molecule has 0 unspecified atom stereocenters. The van der Waals surface area contributed by atoms with Gasteiger partial charge in [0.05, 0.1) is 0 Å². The van der Waals surface area contributed by atoms with Gasteiger partial charge in [0.15, 0.2) is 0 Å². The van der Waals surface area contributed by atoms with Gasteiger partial charge in [0.25, 0.3) is 0 Å². The summed E-state index contributed by atoms with van der Waals surface area (Å²) in [5.74, 6) is 0. The molecule has 0 aliphatic carbocycles. The van der Waals surface area contributed by atoms with E-state index in [2.05, 4.69) is 12.6 Å². The van der Waals surface area contributed by atoms with Gasteiger partial charge in [-0.1, -0.05) is 12.6 Å². The summed E-state index contributed by atoms with van der Waals surface area (Å²) in [5.41, 5.74) is 0. The molecule has 2 nitrogen and oxygen atoms in total. The van der Waals surface area contributed by atoms with Crippen LogP contribution in [0.2, 0.25) is 0 Å². The summed E-state index contributed by atoms with van der Waals surface area (Å²) in [7, 11) is 0. The van der Waals surface area contributed by atoms with Crippen LogP contribution in [0.4, 0.5) is 0 Å². The highest BCUT2D eigenvalue weighted by Gasteiger charge is 1.18. The van der Waals surface area contributed by atoms with Crippen LogP contribution in [0.3, 0.4) is 0 Å². The van der Waals surface area contributed by atoms with Crippen LogP contribution in [0, 0.1) is 22.5 Å². The van der Waals surface area contributed by atoms with E-state index in [1.54, 1.807) is 0 Å². The van der Waals surface area contributed by atoms with Gasteiger partial charge in [-0.15, -0.1) is 0 Å². The second kappa shape index (κ2) is 166. The van der Waals surface area contributed by atoms with Crippen LogP contribution >= 0.6 is 12.6 Å². The molecule has 0 spiro atoms. The lowest BCUT2D eigenvalue weighted by atomic mass is 11.8. The molecule has 0 radical (unpaired) electrons. The summed E-state index contributed by atoms with van der Waals surface area (Å²) in [5, 5.41) is 14.9. The summed E-state index contributed by atoms with van der Waals surface area (Å²) < 4.78 is 0. The highest BCUT2D eigenvalue weighted by molar-refractivity contribution is 7.85. The largest absolute Gasteiger partial charge is 0.512 e. The molecule has 0 amide bonds. The monoisotopic (exact) mass is 85.0 g/mol. The first-order valence-electron chi connectivity index (χ1n) is 0.671. The second-order valence-corrected chi connectivity index (χ2v) is 0.300. The SMILES string of the molecule is N#CS.[C-]#N. The predicted octanol–water partition coefficient (Wildman–Crippen LogP) is 0.494. The van der Waals surface area contributed by atoms with E-state index in [0.717, 1.165) is 0 Å². The minimum atomic E-state index is 1.44. The third-order valence-electron chi connectivity index (χ3n) is 0. The topological polar surface area (TPSA) is 47.6 Å². The van der Waals surface area contributed by atoms with E-state index in [9.17, 15) is 0 Å². The smallest absolute Gasteiger partial charge is 0.130 e. The van der Waals surface area contributed by atoms with Crippen LogP contribution in [-0.2, 0) is 0 Å². The average molecular weight is 85.1 g/mol. The molecular weight excluding hydrogens is 84.1 g/mol. The fourth-order valence-electron chi connectivity index (χ4n) is 0. The normalized spacial score (nSPS) is 2.00. The van der Waals surface area contributed by atoms with Crippen LogP contribution in [0.25, 0.3) is 0 Å². The maximum Gasteiger partial charge on any atom is 0.130 e. The molecule has 0 fully saturated rings. The number of nitriles is 1. The summed E-state index contributed by atoms with van der Waals surface area (Å²) in [6.07, 6.45) is 0. The number of hydrogen-bond acceptors (Lipinski definition) is 3. The second-order valence-electron chi connectivity index (χ2n) is 0.100. The fraction of sp³-hybridized carbons (Fsp3) is 0. The highest BCUT2D eigenvalue weighted by Crippen LogP contribution is 1.46. The van der Waals surface area contributed by atoms with Crippen molar-refractivity contribution in [2.75, 3.05) is 0 Å². The summed E-state index contributed by atoms with van der Waals surface area (Å²) in [4.78, 5) is 0. The Hall–Kier alpha value is -0.670. The van der Waals surface area contributed by atoms with Crippen molar-refractivity contribution in [1.82, 2.24) is 0 Å². The van der Waals surface area contributed by atoms with E-state index in [0.29, 0.717) is 0 Å². The van der Waals surface area contributed by atoms with Gasteiger partial charge < -0.3 is 11.8 Å². The fourth-order valence-corrected chi connectivity index (χ4v) is 0. The molecule has 3 heteroatoms. The van der Waals surface area contributed by atoms with Gasteiger partial charge in [-0.05, 0) is 0 Å². The van der Waals surface area contributed by atoms with Gasteiger partial charge in [-0.2, -0.15) is 5.26 Å². The van der Waals surface area contributed by atoms with Crippen LogP contribution in [0.15, 0.2) is 0 Å². The number of rotatable bonds is 0. The van der Waals surface area contributed by atoms with Crippen LogP contribution < -0.4 is 0 Å². The minimum absolute atomic E-state index is 1.44. The van der Waals surface area contributed by atoms with Gasteiger partial charge in [0.1, 0.15) is 5.40 Å². The van der Waals surface area contributed by atoms with Crippen molar-refractivity contribution in [3.63, 3.8) is 0 Å². The minimum Gasteiger partial charge on any atom is -0.512 e. The van der Waals surface area contributed by atoms with Crippen molar-refractivity contribution in [3.8, 4) is 5.40 Å². The predicted molar refractivity (Wildman–Crippen MR) is 19.6 cm³/mol. The zero-order chi connectivity index (χ0) is 4.71. The van der Waals surface area contributed by atoms with Crippen molar-refractivity contribution >= 4 is 12.6 Å². The molecule has 0 rings (SSSR count). The molecule has 5 heavy (non-hydrogen) atoms. The maximum absolute atomic E-state index is 7.18. The summed E-state index contributed by atoms with van der Waals surface area (Å²) in [6.45, 7) is 4.75. The number of thiocyanates is 1. The van der Waals surface area contributed by atoms with Crippen molar-refractivity contribution in [2.24, 2.45) is 0 Å². The van der Waals surface area contributed by atoms with E-state index in [1.807, 2.05) is 0 Å². The third-order valence-corrected chi connectivity index (χ3v) is 0. The first kappa shape index (κ1) is 8.84. The van der Waals surface area contributed by atoms with Gasteiger partial charge in [0, 0.05) is 0 Å². The molecule has 0 N–H and O–H groups in total. The van der Waals surface area contributed by atoms with Crippen molar-refractivity contribution in [2.45, 2.75) is 0 Å². The Morgan fingerprint density at radius 3 is 1.60 bits per heavy atom. The highest BCUT2D eigenvalue weighted by atomic mass is 32.1. The van der Waals surface area contributed by atoms with Crippen molar-refractivity contribution < 1.29 is 0 Å². The summed E-state index contributed by atoms with van der Waals surface area (Å²) >= 11 is 3.09. The standard InChI is InChI=1S/CHNS.CN/c2-1-3;1-2/h3H;/q;-1. The average Bonchev–Trinajstić information content (AvgIpc) is 1.46. The van der Waals surface area contributed by atoms with Crippen LogP contribution in [0.5, 0.6) is 0 Å². The van der Waals surface area contributed by atoms with Crippen LogP contribution in [0.1, 0.15) is 0 Å². The number of thiol groups is 1. The van der Waals surface area contributed by atoms with E-state index in [4.69, 9.17) is 17.1 Å².